The molecule has 8 heteroatoms. The lowest BCUT2D eigenvalue weighted by Crippen LogP contribution is -2.06. The van der Waals surface area contributed by atoms with E-state index in [1.165, 1.54) is 18.7 Å². The number of rotatable bonds is 6. The number of nitrogens with one attached hydrogen (secondary N) is 1. The molecule has 0 aliphatic heterocycles. The average Bonchev–Trinajstić information content (AvgIpc) is 3.36. The smallest absolute Gasteiger partial charge is 0.221 e. The summed E-state index contributed by atoms with van der Waals surface area (Å²) >= 11 is 7.54. The predicted molar refractivity (Wildman–Crippen MR) is 118 cm³/mol. The minimum absolute atomic E-state index is 0.110. The summed E-state index contributed by atoms with van der Waals surface area (Å²) in [5.74, 6) is 1.41. The Morgan fingerprint density at radius 2 is 1.97 bits per heavy atom. The van der Waals surface area contributed by atoms with Gasteiger partial charge in [-0.15, -0.1) is 10.2 Å². The molecule has 0 unspecified atom stereocenters. The predicted octanol–water partition coefficient (Wildman–Crippen LogP) is 5.66. The molecule has 1 N–H and O–H groups in total. The van der Waals surface area contributed by atoms with Crippen molar-refractivity contribution in [2.45, 2.75) is 30.4 Å². The normalized spacial score (nSPS) is 10.9. The number of benzene rings is 2. The van der Waals surface area contributed by atoms with E-state index in [0.29, 0.717) is 11.6 Å². The topological polar surface area (TPSA) is 73.0 Å². The van der Waals surface area contributed by atoms with Crippen LogP contribution in [0.3, 0.4) is 0 Å². The van der Waals surface area contributed by atoms with Crippen LogP contribution >= 0.6 is 23.4 Å². The van der Waals surface area contributed by atoms with E-state index in [-0.39, 0.29) is 5.91 Å². The first-order chi connectivity index (χ1) is 14.5. The highest BCUT2D eigenvalue weighted by atomic mass is 35.5. The van der Waals surface area contributed by atoms with Crippen LogP contribution in [-0.2, 0) is 11.3 Å². The van der Waals surface area contributed by atoms with Crippen LogP contribution in [0.5, 0.6) is 0 Å². The Labute approximate surface area is 183 Å². The van der Waals surface area contributed by atoms with Crippen molar-refractivity contribution >= 4 is 35.0 Å². The zero-order valence-corrected chi connectivity index (χ0v) is 18.0. The van der Waals surface area contributed by atoms with Crippen molar-refractivity contribution in [3.05, 3.63) is 77.2 Å². The first kappa shape index (κ1) is 20.3. The molecule has 0 saturated heterocycles. The Balaban J connectivity index is 1.73. The number of aryl methyl sites for hydroxylation is 1. The van der Waals surface area contributed by atoms with Gasteiger partial charge in [0.1, 0.15) is 5.76 Å². The van der Waals surface area contributed by atoms with E-state index >= 15 is 0 Å². The van der Waals surface area contributed by atoms with Crippen molar-refractivity contribution in [2.75, 3.05) is 5.32 Å². The summed E-state index contributed by atoms with van der Waals surface area (Å²) in [5.41, 5.74) is 2.73. The Morgan fingerprint density at radius 3 is 2.67 bits per heavy atom. The van der Waals surface area contributed by atoms with Gasteiger partial charge in [0.25, 0.3) is 0 Å². The van der Waals surface area contributed by atoms with Gasteiger partial charge in [0.05, 0.1) is 12.8 Å². The van der Waals surface area contributed by atoms with E-state index in [4.69, 9.17) is 16.0 Å². The first-order valence-corrected chi connectivity index (χ1v) is 10.5. The molecule has 0 aliphatic carbocycles. The SMILES string of the molecule is CC(=O)Nc1ccc(C)c(Sc2nnc(-c3ccc(Cl)cc3)n2Cc2ccco2)c1. The number of carbonyl (C=O) groups excluding carboxylic acids is 1. The summed E-state index contributed by atoms with van der Waals surface area (Å²) in [5, 5.41) is 13.1. The quantitative estimate of drug-likeness (QED) is 0.420. The number of aromatic nitrogens is 3. The van der Waals surface area contributed by atoms with Crippen LogP contribution < -0.4 is 5.32 Å². The monoisotopic (exact) mass is 438 g/mol. The van der Waals surface area contributed by atoms with Gasteiger partial charge < -0.3 is 9.73 Å². The molecule has 0 atom stereocenters. The highest BCUT2D eigenvalue weighted by Crippen LogP contribution is 2.34. The summed E-state index contributed by atoms with van der Waals surface area (Å²) in [6, 6.07) is 17.1. The number of amides is 1. The number of furan rings is 1. The second kappa shape index (κ2) is 8.77. The van der Waals surface area contributed by atoms with E-state index in [1.807, 2.05) is 66.1 Å². The van der Waals surface area contributed by atoms with Crippen LogP contribution in [0.25, 0.3) is 11.4 Å². The number of nitrogens with zero attached hydrogens (tertiary/aromatic N) is 3. The number of carbonyl (C=O) groups is 1. The van der Waals surface area contributed by atoms with Gasteiger partial charge in [0.15, 0.2) is 11.0 Å². The summed E-state index contributed by atoms with van der Waals surface area (Å²) in [6.45, 7) is 4.00. The molecule has 1 amide bonds. The molecule has 30 heavy (non-hydrogen) atoms. The third-order valence-electron chi connectivity index (χ3n) is 4.42. The molecule has 0 radical (unpaired) electrons. The Hall–Kier alpha value is -3.03. The Morgan fingerprint density at radius 1 is 1.17 bits per heavy atom. The van der Waals surface area contributed by atoms with Crippen LogP contribution in [0.1, 0.15) is 18.2 Å². The van der Waals surface area contributed by atoms with Gasteiger partial charge in [-0.1, -0.05) is 17.7 Å². The lowest BCUT2D eigenvalue weighted by molar-refractivity contribution is -0.114. The van der Waals surface area contributed by atoms with Crippen LogP contribution in [0.4, 0.5) is 5.69 Å². The summed E-state index contributed by atoms with van der Waals surface area (Å²) in [4.78, 5) is 12.4. The number of halogens is 1. The van der Waals surface area contributed by atoms with Crippen molar-refractivity contribution < 1.29 is 9.21 Å². The summed E-state index contributed by atoms with van der Waals surface area (Å²) in [6.07, 6.45) is 1.65. The van der Waals surface area contributed by atoms with Crippen molar-refractivity contribution in [1.29, 1.82) is 0 Å². The largest absolute Gasteiger partial charge is 0.467 e. The maximum absolute atomic E-state index is 11.4. The van der Waals surface area contributed by atoms with Gasteiger partial charge in [0, 0.05) is 28.1 Å². The van der Waals surface area contributed by atoms with Gasteiger partial charge in [-0.05, 0) is 72.8 Å². The number of hydrogen-bond acceptors (Lipinski definition) is 5. The van der Waals surface area contributed by atoms with Gasteiger partial charge in [0.2, 0.25) is 5.91 Å². The maximum atomic E-state index is 11.4. The molecule has 4 rings (SSSR count). The standard InChI is InChI=1S/C22H19ClN4O2S/c1-14-5-10-18(24-15(2)28)12-20(14)30-22-26-25-21(16-6-8-17(23)9-7-16)27(22)13-19-4-3-11-29-19/h3-12H,13H2,1-2H3,(H,24,28). The molecule has 0 aliphatic rings. The van der Waals surface area contributed by atoms with Gasteiger partial charge in [-0.3, -0.25) is 9.36 Å². The van der Waals surface area contributed by atoms with Gasteiger partial charge >= 0.3 is 0 Å². The molecular formula is C22H19ClN4O2S. The fourth-order valence-electron chi connectivity index (χ4n) is 2.97. The molecule has 0 bridgehead atoms. The fourth-order valence-corrected chi connectivity index (χ4v) is 4.05. The average molecular weight is 439 g/mol. The van der Waals surface area contributed by atoms with Crippen molar-refractivity contribution in [2.24, 2.45) is 0 Å². The second-order valence-electron chi connectivity index (χ2n) is 6.74. The molecule has 0 spiro atoms. The molecule has 0 saturated carbocycles. The number of hydrogen-bond donors (Lipinski definition) is 1. The van der Waals surface area contributed by atoms with Crippen LogP contribution in [0.2, 0.25) is 5.02 Å². The van der Waals surface area contributed by atoms with E-state index in [2.05, 4.69) is 15.5 Å². The van der Waals surface area contributed by atoms with Crippen LogP contribution in [-0.4, -0.2) is 20.7 Å². The van der Waals surface area contributed by atoms with Crippen LogP contribution in [0, 0.1) is 6.92 Å². The zero-order valence-electron chi connectivity index (χ0n) is 16.4. The molecule has 6 nitrogen and oxygen atoms in total. The third-order valence-corrected chi connectivity index (χ3v) is 5.82. The minimum Gasteiger partial charge on any atom is -0.467 e. The van der Waals surface area contributed by atoms with Gasteiger partial charge in [-0.25, -0.2) is 0 Å². The first-order valence-electron chi connectivity index (χ1n) is 9.27. The van der Waals surface area contributed by atoms with Crippen LogP contribution in [0.15, 0.2) is 75.3 Å². The zero-order chi connectivity index (χ0) is 21.1. The lowest BCUT2D eigenvalue weighted by atomic mass is 10.2. The molecule has 0 fully saturated rings. The molecular weight excluding hydrogens is 420 g/mol. The minimum atomic E-state index is -0.110. The highest BCUT2D eigenvalue weighted by Gasteiger charge is 2.17. The van der Waals surface area contributed by atoms with E-state index in [9.17, 15) is 4.79 Å². The molecule has 4 aromatic rings. The van der Waals surface area contributed by atoms with Crippen molar-refractivity contribution in [3.8, 4) is 11.4 Å². The van der Waals surface area contributed by atoms with Crippen molar-refractivity contribution in [3.63, 3.8) is 0 Å². The van der Waals surface area contributed by atoms with E-state index in [0.717, 1.165) is 38.5 Å². The summed E-state index contributed by atoms with van der Waals surface area (Å²) < 4.78 is 7.57. The third kappa shape index (κ3) is 4.58. The Bertz CT molecular complexity index is 1170. The fraction of sp³-hybridized carbons (Fsp3) is 0.136. The molecule has 2 aromatic heterocycles. The molecule has 152 valence electrons. The maximum Gasteiger partial charge on any atom is 0.221 e. The second-order valence-corrected chi connectivity index (χ2v) is 8.19. The molecule has 2 heterocycles. The Kier molecular flexibility index (Phi) is 5.92. The lowest BCUT2D eigenvalue weighted by Gasteiger charge is -2.11. The summed E-state index contributed by atoms with van der Waals surface area (Å²) in [7, 11) is 0. The van der Waals surface area contributed by atoms with Gasteiger partial charge in [-0.2, -0.15) is 0 Å². The van der Waals surface area contributed by atoms with E-state index < -0.39 is 0 Å². The number of anilines is 1. The highest BCUT2D eigenvalue weighted by molar-refractivity contribution is 7.99. The van der Waals surface area contributed by atoms with Crippen molar-refractivity contribution in [1.82, 2.24) is 14.8 Å². The molecule has 2 aromatic carbocycles. The van der Waals surface area contributed by atoms with E-state index in [1.54, 1.807) is 6.26 Å².